The third-order valence-corrected chi connectivity index (χ3v) is 6.80. The van der Waals surface area contributed by atoms with Gasteiger partial charge in [0, 0.05) is 11.6 Å². The number of amides is 1. The molecule has 1 heterocycles. The van der Waals surface area contributed by atoms with Crippen molar-refractivity contribution >= 4 is 61.7 Å². The van der Waals surface area contributed by atoms with Crippen LogP contribution in [0.4, 0.5) is 5.13 Å². The first kappa shape index (κ1) is 22.6. The van der Waals surface area contributed by atoms with Crippen LogP contribution in [0.25, 0.3) is 0 Å². The van der Waals surface area contributed by atoms with Crippen molar-refractivity contribution in [2.45, 2.75) is 10.9 Å². The molecule has 152 valence electrons. The molecule has 1 N–H and O–H groups in total. The number of aromatic nitrogens is 2. The van der Waals surface area contributed by atoms with Gasteiger partial charge in [-0.3, -0.25) is 14.9 Å². The maximum absolute atomic E-state index is 12.3. The molecule has 0 aliphatic rings. The zero-order valence-corrected chi connectivity index (χ0v) is 18.1. The molecule has 0 aliphatic carbocycles. The summed E-state index contributed by atoms with van der Waals surface area (Å²) < 4.78 is 30.1. The molecule has 1 aromatic carbocycles. The van der Waals surface area contributed by atoms with Crippen molar-refractivity contribution in [1.82, 2.24) is 14.5 Å². The number of rotatable bonds is 9. The molecule has 0 saturated heterocycles. The molecule has 2 rings (SSSR count). The summed E-state index contributed by atoms with van der Waals surface area (Å²) in [5.74, 6) is -0.911. The zero-order chi connectivity index (χ0) is 20.7. The molecule has 0 bridgehead atoms. The predicted octanol–water partition coefficient (Wildman–Crippen LogP) is 1.86. The van der Waals surface area contributed by atoms with E-state index in [1.807, 2.05) is 0 Å². The Balaban J connectivity index is 1.99. The monoisotopic (exact) mass is 464 g/mol. The van der Waals surface area contributed by atoms with Crippen molar-refractivity contribution in [2.24, 2.45) is 0 Å². The van der Waals surface area contributed by atoms with Gasteiger partial charge in [0.1, 0.15) is 0 Å². The number of hydrogen-bond acceptors (Lipinski definition) is 9. The summed E-state index contributed by atoms with van der Waals surface area (Å²) in [6, 6.07) is 6.80. The summed E-state index contributed by atoms with van der Waals surface area (Å²) in [6.07, 6.45) is 1.02. The molecule has 1 aromatic heterocycles. The number of carbonyl (C=O) groups excluding carboxylic acids is 2. The normalized spacial score (nSPS) is 11.4. The van der Waals surface area contributed by atoms with Crippen molar-refractivity contribution in [3.63, 3.8) is 0 Å². The van der Waals surface area contributed by atoms with Crippen LogP contribution in [0.15, 0.2) is 28.6 Å². The zero-order valence-electron chi connectivity index (χ0n) is 14.9. The van der Waals surface area contributed by atoms with Crippen molar-refractivity contribution in [1.29, 1.82) is 0 Å². The van der Waals surface area contributed by atoms with E-state index in [0.29, 0.717) is 14.9 Å². The van der Waals surface area contributed by atoms with Gasteiger partial charge < -0.3 is 4.74 Å². The summed E-state index contributed by atoms with van der Waals surface area (Å²) in [5.41, 5.74) is 0.583. The van der Waals surface area contributed by atoms with Crippen LogP contribution in [0.1, 0.15) is 5.56 Å². The van der Waals surface area contributed by atoms with E-state index in [1.54, 1.807) is 24.3 Å². The minimum absolute atomic E-state index is 0.0394. The number of nitrogens with one attached hydrogen (secondary N) is 1. The maximum atomic E-state index is 12.3. The van der Waals surface area contributed by atoms with Gasteiger partial charge in [0.05, 0.1) is 25.7 Å². The van der Waals surface area contributed by atoms with E-state index in [0.717, 1.165) is 33.7 Å². The van der Waals surface area contributed by atoms with Crippen molar-refractivity contribution in [3.05, 3.63) is 34.9 Å². The number of nitrogens with zero attached hydrogens (tertiary/aromatic N) is 3. The van der Waals surface area contributed by atoms with Crippen molar-refractivity contribution in [3.8, 4) is 0 Å². The summed E-state index contributed by atoms with van der Waals surface area (Å²) >= 11 is 8.26. The Morgan fingerprint density at radius 3 is 2.68 bits per heavy atom. The lowest BCUT2D eigenvalue weighted by Crippen LogP contribution is -2.37. The third-order valence-electron chi connectivity index (χ3n) is 3.29. The Kier molecular flexibility index (Phi) is 8.19. The number of hydrogen-bond donors (Lipinski definition) is 1. The number of ether oxygens (including phenoxy) is 1. The highest BCUT2D eigenvalue weighted by Crippen LogP contribution is 2.25. The fraction of sp³-hybridized carbons (Fsp3) is 0.333. The van der Waals surface area contributed by atoms with Crippen molar-refractivity contribution < 1.29 is 22.7 Å². The molecule has 0 atom stereocenters. The number of halogens is 1. The van der Waals surface area contributed by atoms with E-state index in [-0.39, 0.29) is 17.4 Å². The second-order valence-electron chi connectivity index (χ2n) is 5.41. The lowest BCUT2D eigenvalue weighted by Gasteiger charge is -2.19. The number of thioether (sulfide) groups is 1. The van der Waals surface area contributed by atoms with Gasteiger partial charge in [0.15, 0.2) is 4.34 Å². The quantitative estimate of drug-likeness (QED) is 0.339. The van der Waals surface area contributed by atoms with E-state index in [4.69, 9.17) is 11.6 Å². The van der Waals surface area contributed by atoms with Crippen LogP contribution in [0.5, 0.6) is 0 Å². The largest absolute Gasteiger partial charge is 0.468 e. The van der Waals surface area contributed by atoms with Crippen LogP contribution in [0.3, 0.4) is 0 Å². The fourth-order valence-electron chi connectivity index (χ4n) is 1.92. The van der Waals surface area contributed by atoms with Gasteiger partial charge in [-0.25, -0.2) is 8.42 Å². The molecular formula is C15H17ClN4O5S3. The molecule has 0 spiro atoms. The smallest absolute Gasteiger partial charge is 0.316 e. The highest BCUT2D eigenvalue weighted by atomic mass is 35.5. The summed E-state index contributed by atoms with van der Waals surface area (Å²) in [4.78, 5) is 23.4. The molecule has 28 heavy (non-hydrogen) atoms. The standard InChI is InChI=1S/C15H17ClN4O5S3/c1-25-13(22)9-26-15-19-18-14(27-15)17-12(21)8-20(28(2,23)24)7-10-5-3-4-6-11(10)16/h3-6H,7-9H2,1-2H3,(H,17,18,21). The third kappa shape index (κ3) is 7.02. The number of esters is 1. The van der Waals surface area contributed by atoms with E-state index < -0.39 is 28.4 Å². The van der Waals surface area contributed by atoms with E-state index in [9.17, 15) is 18.0 Å². The van der Waals surface area contributed by atoms with Gasteiger partial charge in [-0.2, -0.15) is 4.31 Å². The lowest BCUT2D eigenvalue weighted by atomic mass is 10.2. The topological polar surface area (TPSA) is 119 Å². The van der Waals surface area contributed by atoms with Crippen LogP contribution < -0.4 is 5.32 Å². The van der Waals surface area contributed by atoms with Crippen LogP contribution in [-0.2, 0) is 30.9 Å². The van der Waals surface area contributed by atoms with Gasteiger partial charge >= 0.3 is 5.97 Å². The fourth-order valence-corrected chi connectivity index (χ4v) is 4.45. The highest BCUT2D eigenvalue weighted by molar-refractivity contribution is 8.01. The lowest BCUT2D eigenvalue weighted by molar-refractivity contribution is -0.137. The van der Waals surface area contributed by atoms with E-state index >= 15 is 0 Å². The Morgan fingerprint density at radius 2 is 2.04 bits per heavy atom. The maximum Gasteiger partial charge on any atom is 0.316 e. The number of anilines is 1. The molecule has 2 aromatic rings. The van der Waals surface area contributed by atoms with Gasteiger partial charge in [-0.15, -0.1) is 10.2 Å². The minimum Gasteiger partial charge on any atom is -0.468 e. The average molecular weight is 465 g/mol. The average Bonchev–Trinajstić information content (AvgIpc) is 3.07. The van der Waals surface area contributed by atoms with E-state index in [2.05, 4.69) is 20.3 Å². The Morgan fingerprint density at radius 1 is 1.32 bits per heavy atom. The van der Waals surface area contributed by atoms with Gasteiger partial charge in [-0.05, 0) is 11.6 Å². The second-order valence-corrected chi connectivity index (χ2v) is 10.00. The van der Waals surface area contributed by atoms with Crippen LogP contribution in [0.2, 0.25) is 5.02 Å². The number of benzene rings is 1. The highest BCUT2D eigenvalue weighted by Gasteiger charge is 2.22. The molecule has 0 aliphatic heterocycles. The minimum atomic E-state index is -3.66. The van der Waals surface area contributed by atoms with Crippen molar-refractivity contribution in [2.75, 3.05) is 31.0 Å². The summed E-state index contributed by atoms with van der Waals surface area (Å²) in [6.45, 7) is -0.448. The van der Waals surface area contributed by atoms with Crippen LogP contribution in [-0.4, -0.2) is 60.5 Å². The molecular weight excluding hydrogens is 448 g/mol. The summed E-state index contributed by atoms with van der Waals surface area (Å²) in [7, 11) is -2.37. The molecule has 1 amide bonds. The molecule has 13 heteroatoms. The van der Waals surface area contributed by atoms with Gasteiger partial charge in [0.2, 0.25) is 21.1 Å². The molecule has 0 unspecified atom stereocenters. The molecule has 0 saturated carbocycles. The van der Waals surface area contributed by atoms with Gasteiger partial charge in [-0.1, -0.05) is 52.9 Å². The Hall–Kier alpha value is -1.73. The first-order valence-electron chi connectivity index (χ1n) is 7.70. The summed E-state index contributed by atoms with van der Waals surface area (Å²) in [5, 5.41) is 10.8. The first-order chi connectivity index (χ1) is 13.2. The predicted molar refractivity (Wildman–Crippen MR) is 108 cm³/mol. The molecule has 0 fully saturated rings. The second kappa shape index (κ2) is 10.2. The van der Waals surface area contributed by atoms with Gasteiger partial charge in [0.25, 0.3) is 0 Å². The van der Waals surface area contributed by atoms with Crippen LogP contribution in [0, 0.1) is 0 Å². The van der Waals surface area contributed by atoms with Crippen LogP contribution >= 0.6 is 34.7 Å². The number of sulfonamides is 1. The molecule has 9 nitrogen and oxygen atoms in total. The Bertz CT molecular complexity index is 951. The SMILES string of the molecule is COC(=O)CSc1nnc(NC(=O)CN(Cc2ccccc2Cl)S(C)(=O)=O)s1. The molecule has 0 radical (unpaired) electrons. The Labute approximate surface area is 175 Å². The number of methoxy groups -OCH3 is 1. The van der Waals surface area contributed by atoms with E-state index in [1.165, 1.54) is 7.11 Å². The first-order valence-corrected chi connectivity index (χ1v) is 11.7. The number of carbonyl (C=O) groups is 2.